The number of benzene rings is 1. The highest BCUT2D eigenvalue weighted by Crippen LogP contribution is 2.26. The van der Waals surface area contributed by atoms with Crippen molar-refractivity contribution in [2.45, 2.75) is 19.4 Å². The Bertz CT molecular complexity index is 534. The van der Waals surface area contributed by atoms with Crippen LogP contribution in [0.1, 0.15) is 22.7 Å². The van der Waals surface area contributed by atoms with E-state index < -0.39 is 0 Å². The van der Waals surface area contributed by atoms with Crippen LogP contribution in [0, 0.1) is 6.92 Å². The SMILES string of the molecule is COc1ccc(C)cc1C(N)Cc1cnn(C)c1. The summed E-state index contributed by atoms with van der Waals surface area (Å²) in [5.41, 5.74) is 9.63. The van der Waals surface area contributed by atoms with E-state index in [4.69, 9.17) is 10.5 Å². The summed E-state index contributed by atoms with van der Waals surface area (Å²) in [5.74, 6) is 0.844. The first-order valence-electron chi connectivity index (χ1n) is 5.98. The van der Waals surface area contributed by atoms with Gasteiger partial charge >= 0.3 is 0 Å². The number of nitrogens with two attached hydrogens (primary N) is 1. The van der Waals surface area contributed by atoms with Gasteiger partial charge < -0.3 is 10.5 Å². The van der Waals surface area contributed by atoms with Crippen molar-refractivity contribution in [2.75, 3.05) is 7.11 Å². The molecule has 1 aromatic carbocycles. The van der Waals surface area contributed by atoms with Gasteiger partial charge in [-0.25, -0.2) is 0 Å². The zero-order valence-corrected chi connectivity index (χ0v) is 11.1. The Hall–Kier alpha value is -1.81. The minimum atomic E-state index is -0.0796. The zero-order valence-electron chi connectivity index (χ0n) is 11.1. The van der Waals surface area contributed by atoms with Crippen molar-refractivity contribution in [2.24, 2.45) is 12.8 Å². The predicted octanol–water partition coefficient (Wildman–Crippen LogP) is 1.98. The minimum absolute atomic E-state index is 0.0796. The quantitative estimate of drug-likeness (QED) is 0.896. The third kappa shape index (κ3) is 2.71. The molecule has 4 nitrogen and oxygen atoms in total. The van der Waals surface area contributed by atoms with Crippen molar-refractivity contribution in [3.8, 4) is 5.75 Å². The molecular weight excluding hydrogens is 226 g/mol. The highest BCUT2D eigenvalue weighted by Gasteiger charge is 2.13. The van der Waals surface area contributed by atoms with Crippen LogP contribution in [0.4, 0.5) is 0 Å². The fourth-order valence-corrected chi connectivity index (χ4v) is 2.08. The van der Waals surface area contributed by atoms with E-state index in [1.54, 1.807) is 11.8 Å². The van der Waals surface area contributed by atoms with Crippen LogP contribution >= 0.6 is 0 Å². The molecule has 2 aromatic rings. The van der Waals surface area contributed by atoms with Gasteiger partial charge in [-0.3, -0.25) is 4.68 Å². The Kier molecular flexibility index (Phi) is 3.67. The molecule has 0 aliphatic heterocycles. The molecule has 4 heteroatoms. The molecule has 0 fully saturated rings. The van der Waals surface area contributed by atoms with Gasteiger partial charge in [0.25, 0.3) is 0 Å². The van der Waals surface area contributed by atoms with E-state index in [0.717, 1.165) is 23.3 Å². The average Bonchev–Trinajstić information content (AvgIpc) is 2.74. The maximum Gasteiger partial charge on any atom is 0.123 e. The summed E-state index contributed by atoms with van der Waals surface area (Å²) in [6, 6.07) is 6.00. The molecule has 0 radical (unpaired) electrons. The monoisotopic (exact) mass is 245 g/mol. The summed E-state index contributed by atoms with van der Waals surface area (Å²) in [4.78, 5) is 0. The van der Waals surface area contributed by atoms with Crippen LogP contribution in [0.25, 0.3) is 0 Å². The standard InChI is InChI=1S/C14H19N3O/c1-10-4-5-14(18-3)12(6-10)13(15)7-11-8-16-17(2)9-11/h4-6,8-9,13H,7,15H2,1-3H3. The largest absolute Gasteiger partial charge is 0.496 e. The molecular formula is C14H19N3O. The smallest absolute Gasteiger partial charge is 0.123 e. The molecule has 0 aliphatic carbocycles. The second kappa shape index (κ2) is 5.23. The number of aromatic nitrogens is 2. The summed E-state index contributed by atoms with van der Waals surface area (Å²) in [6.07, 6.45) is 4.60. The number of nitrogens with zero attached hydrogens (tertiary/aromatic N) is 2. The van der Waals surface area contributed by atoms with E-state index in [-0.39, 0.29) is 6.04 Å². The van der Waals surface area contributed by atoms with Crippen LogP contribution in [0.2, 0.25) is 0 Å². The molecule has 2 N–H and O–H groups in total. The maximum atomic E-state index is 6.26. The van der Waals surface area contributed by atoms with Gasteiger partial charge in [-0.1, -0.05) is 17.7 Å². The fourth-order valence-electron chi connectivity index (χ4n) is 2.08. The lowest BCUT2D eigenvalue weighted by atomic mass is 9.99. The van der Waals surface area contributed by atoms with Crippen molar-refractivity contribution in [3.63, 3.8) is 0 Å². The molecule has 1 aromatic heterocycles. The molecule has 2 rings (SSSR count). The number of ether oxygens (including phenoxy) is 1. The lowest BCUT2D eigenvalue weighted by molar-refractivity contribution is 0.405. The molecule has 1 heterocycles. The number of hydrogen-bond acceptors (Lipinski definition) is 3. The molecule has 0 saturated carbocycles. The first-order valence-corrected chi connectivity index (χ1v) is 5.98. The lowest BCUT2D eigenvalue weighted by Crippen LogP contribution is -2.14. The normalized spacial score (nSPS) is 12.4. The molecule has 18 heavy (non-hydrogen) atoms. The van der Waals surface area contributed by atoms with Gasteiger partial charge in [0.2, 0.25) is 0 Å². The summed E-state index contributed by atoms with van der Waals surface area (Å²) >= 11 is 0. The molecule has 1 atom stereocenters. The van der Waals surface area contributed by atoms with Crippen LogP contribution in [-0.4, -0.2) is 16.9 Å². The van der Waals surface area contributed by atoms with Gasteiger partial charge in [0, 0.05) is 24.8 Å². The number of aryl methyl sites for hydroxylation is 2. The molecule has 96 valence electrons. The van der Waals surface area contributed by atoms with E-state index in [2.05, 4.69) is 18.1 Å². The Morgan fingerprint density at radius 1 is 1.44 bits per heavy atom. The fraction of sp³-hybridized carbons (Fsp3) is 0.357. The van der Waals surface area contributed by atoms with E-state index >= 15 is 0 Å². The molecule has 0 saturated heterocycles. The van der Waals surface area contributed by atoms with E-state index in [1.165, 1.54) is 5.56 Å². The Balaban J connectivity index is 2.22. The molecule has 1 unspecified atom stereocenters. The highest BCUT2D eigenvalue weighted by molar-refractivity contribution is 5.39. The van der Waals surface area contributed by atoms with Gasteiger partial charge in [-0.2, -0.15) is 5.10 Å². The Labute approximate surface area is 107 Å². The van der Waals surface area contributed by atoms with Crippen LogP contribution < -0.4 is 10.5 Å². The van der Waals surface area contributed by atoms with E-state index in [9.17, 15) is 0 Å². The minimum Gasteiger partial charge on any atom is -0.496 e. The van der Waals surface area contributed by atoms with Crippen LogP contribution in [0.3, 0.4) is 0 Å². The molecule has 0 amide bonds. The van der Waals surface area contributed by atoms with Crippen molar-refractivity contribution < 1.29 is 4.74 Å². The summed E-state index contributed by atoms with van der Waals surface area (Å²) in [6.45, 7) is 2.06. The van der Waals surface area contributed by atoms with Gasteiger partial charge in [-0.05, 0) is 25.0 Å². The lowest BCUT2D eigenvalue weighted by Gasteiger charge is -2.15. The van der Waals surface area contributed by atoms with Crippen molar-refractivity contribution in [3.05, 3.63) is 47.3 Å². The number of rotatable bonds is 4. The van der Waals surface area contributed by atoms with Crippen molar-refractivity contribution >= 4 is 0 Å². The third-order valence-corrected chi connectivity index (χ3v) is 3.00. The van der Waals surface area contributed by atoms with Gasteiger partial charge in [0.1, 0.15) is 5.75 Å². The Morgan fingerprint density at radius 3 is 2.83 bits per heavy atom. The third-order valence-electron chi connectivity index (χ3n) is 3.00. The predicted molar refractivity (Wildman–Crippen MR) is 71.6 cm³/mol. The molecule has 0 aliphatic rings. The molecule has 0 spiro atoms. The second-order valence-corrected chi connectivity index (χ2v) is 4.58. The van der Waals surface area contributed by atoms with Crippen LogP contribution in [0.15, 0.2) is 30.6 Å². The van der Waals surface area contributed by atoms with Gasteiger partial charge in [0.05, 0.1) is 13.3 Å². The molecule has 0 bridgehead atoms. The first kappa shape index (κ1) is 12.6. The Morgan fingerprint density at radius 2 is 2.22 bits per heavy atom. The summed E-state index contributed by atoms with van der Waals surface area (Å²) < 4.78 is 7.15. The average molecular weight is 245 g/mol. The highest BCUT2D eigenvalue weighted by atomic mass is 16.5. The van der Waals surface area contributed by atoms with Crippen LogP contribution in [-0.2, 0) is 13.5 Å². The second-order valence-electron chi connectivity index (χ2n) is 4.58. The zero-order chi connectivity index (χ0) is 13.1. The van der Waals surface area contributed by atoms with Gasteiger partial charge in [-0.15, -0.1) is 0 Å². The number of hydrogen-bond donors (Lipinski definition) is 1. The van der Waals surface area contributed by atoms with Gasteiger partial charge in [0.15, 0.2) is 0 Å². The van der Waals surface area contributed by atoms with E-state index in [1.807, 2.05) is 31.6 Å². The van der Waals surface area contributed by atoms with Crippen LogP contribution in [0.5, 0.6) is 5.75 Å². The van der Waals surface area contributed by atoms with E-state index in [0.29, 0.717) is 0 Å². The maximum absolute atomic E-state index is 6.26. The number of methoxy groups -OCH3 is 1. The summed E-state index contributed by atoms with van der Waals surface area (Å²) in [5, 5.41) is 4.15. The summed E-state index contributed by atoms with van der Waals surface area (Å²) in [7, 11) is 3.58. The topological polar surface area (TPSA) is 53.1 Å². The van der Waals surface area contributed by atoms with Crippen molar-refractivity contribution in [1.29, 1.82) is 0 Å². The van der Waals surface area contributed by atoms with Crippen molar-refractivity contribution in [1.82, 2.24) is 9.78 Å². The first-order chi connectivity index (χ1) is 8.60.